The Kier molecular flexibility index (Phi) is 3.98. The van der Waals surface area contributed by atoms with E-state index in [2.05, 4.69) is 0 Å². The number of Topliss-reactive ketones (excluding diaryl/α,β-unsaturated/α-hetero) is 1. The maximum Gasteiger partial charge on any atom is 0.159 e. The molecular weight excluding hydrogens is 188 g/mol. The highest BCUT2D eigenvalue weighted by molar-refractivity contribution is 5.94. The lowest BCUT2D eigenvalue weighted by Gasteiger charge is -2.02. The Balaban J connectivity index is 2.93. The summed E-state index contributed by atoms with van der Waals surface area (Å²) >= 11 is 0. The van der Waals surface area contributed by atoms with Gasteiger partial charge >= 0.3 is 0 Å². The zero-order chi connectivity index (χ0) is 11.3. The SMILES string of the molecule is CC(=O)c1ccc(C=CCC=O)c(C)c1. The fraction of sp³-hybridized carbons (Fsp3) is 0.231. The van der Waals surface area contributed by atoms with Crippen LogP contribution in [0.4, 0.5) is 0 Å². The van der Waals surface area contributed by atoms with Crippen molar-refractivity contribution in [3.05, 3.63) is 41.0 Å². The van der Waals surface area contributed by atoms with Gasteiger partial charge in [0.15, 0.2) is 5.78 Å². The number of allylic oxidation sites excluding steroid dienone is 1. The van der Waals surface area contributed by atoms with Crippen molar-refractivity contribution in [1.82, 2.24) is 0 Å². The number of ketones is 1. The van der Waals surface area contributed by atoms with Crippen molar-refractivity contribution < 1.29 is 9.59 Å². The van der Waals surface area contributed by atoms with E-state index in [4.69, 9.17) is 0 Å². The molecule has 0 atom stereocenters. The molecule has 0 heterocycles. The second-order valence-corrected chi connectivity index (χ2v) is 3.43. The summed E-state index contributed by atoms with van der Waals surface area (Å²) in [6, 6.07) is 5.56. The Labute approximate surface area is 89.6 Å². The summed E-state index contributed by atoms with van der Waals surface area (Å²) in [6.45, 7) is 3.50. The summed E-state index contributed by atoms with van der Waals surface area (Å²) in [6.07, 6.45) is 4.99. The first-order valence-corrected chi connectivity index (χ1v) is 4.87. The van der Waals surface area contributed by atoms with Gasteiger partial charge in [-0.1, -0.05) is 24.3 Å². The molecule has 0 amide bonds. The molecular formula is C13H14O2. The summed E-state index contributed by atoms with van der Waals surface area (Å²) in [5.74, 6) is 0.0709. The molecule has 78 valence electrons. The van der Waals surface area contributed by atoms with Crippen LogP contribution in [0.15, 0.2) is 24.3 Å². The lowest BCUT2D eigenvalue weighted by atomic mass is 10.0. The van der Waals surface area contributed by atoms with Crippen LogP contribution in [-0.2, 0) is 4.79 Å². The molecule has 0 aliphatic carbocycles. The number of carbonyl (C=O) groups excluding carboxylic acids is 2. The number of rotatable bonds is 4. The predicted octanol–water partition coefficient (Wildman–Crippen LogP) is 2.80. The third-order valence-corrected chi connectivity index (χ3v) is 2.21. The summed E-state index contributed by atoms with van der Waals surface area (Å²) < 4.78 is 0. The van der Waals surface area contributed by atoms with Crippen LogP contribution in [-0.4, -0.2) is 12.1 Å². The minimum Gasteiger partial charge on any atom is -0.303 e. The molecule has 0 bridgehead atoms. The third kappa shape index (κ3) is 3.17. The lowest BCUT2D eigenvalue weighted by Crippen LogP contribution is -1.93. The van der Waals surface area contributed by atoms with Gasteiger partial charge in [-0.3, -0.25) is 4.79 Å². The van der Waals surface area contributed by atoms with Crippen molar-refractivity contribution in [3.63, 3.8) is 0 Å². The van der Waals surface area contributed by atoms with Gasteiger partial charge in [0.05, 0.1) is 0 Å². The Morgan fingerprint density at radius 3 is 2.67 bits per heavy atom. The van der Waals surface area contributed by atoms with Crippen LogP contribution in [0.1, 0.15) is 34.8 Å². The second-order valence-electron chi connectivity index (χ2n) is 3.43. The van der Waals surface area contributed by atoms with Crippen LogP contribution >= 0.6 is 0 Å². The minimum absolute atomic E-state index is 0.0709. The number of carbonyl (C=O) groups is 2. The molecule has 0 aliphatic heterocycles. The number of hydrogen-bond donors (Lipinski definition) is 0. The smallest absolute Gasteiger partial charge is 0.159 e. The van der Waals surface area contributed by atoms with Crippen molar-refractivity contribution in [3.8, 4) is 0 Å². The molecule has 0 saturated carbocycles. The Bertz CT molecular complexity index is 403. The Hall–Kier alpha value is -1.70. The molecule has 0 aliphatic rings. The van der Waals surface area contributed by atoms with Crippen LogP contribution < -0.4 is 0 Å². The first-order valence-electron chi connectivity index (χ1n) is 4.87. The largest absolute Gasteiger partial charge is 0.303 e. The first-order chi connectivity index (χ1) is 7.15. The summed E-state index contributed by atoms with van der Waals surface area (Å²) in [5.41, 5.74) is 2.81. The molecule has 0 fully saturated rings. The van der Waals surface area contributed by atoms with Crippen LogP contribution in [0.5, 0.6) is 0 Å². The predicted molar refractivity (Wildman–Crippen MR) is 60.9 cm³/mol. The summed E-state index contributed by atoms with van der Waals surface area (Å²) in [4.78, 5) is 21.2. The molecule has 0 spiro atoms. The summed E-state index contributed by atoms with van der Waals surface area (Å²) in [7, 11) is 0. The van der Waals surface area contributed by atoms with Gasteiger partial charge in [0.25, 0.3) is 0 Å². The van der Waals surface area contributed by atoms with E-state index in [0.29, 0.717) is 6.42 Å². The van der Waals surface area contributed by atoms with Gasteiger partial charge in [0.1, 0.15) is 6.29 Å². The van der Waals surface area contributed by atoms with E-state index in [9.17, 15) is 9.59 Å². The van der Waals surface area contributed by atoms with Crippen LogP contribution in [0.25, 0.3) is 6.08 Å². The molecule has 0 aromatic heterocycles. The van der Waals surface area contributed by atoms with Gasteiger partial charge in [0.2, 0.25) is 0 Å². The number of hydrogen-bond acceptors (Lipinski definition) is 2. The maximum absolute atomic E-state index is 11.1. The zero-order valence-electron chi connectivity index (χ0n) is 8.99. The molecule has 0 unspecified atom stereocenters. The fourth-order valence-corrected chi connectivity index (χ4v) is 1.33. The molecule has 1 rings (SSSR count). The van der Waals surface area contributed by atoms with Gasteiger partial charge in [0, 0.05) is 12.0 Å². The molecule has 0 N–H and O–H groups in total. The van der Waals surface area contributed by atoms with Gasteiger partial charge < -0.3 is 4.79 Å². The normalized spacial score (nSPS) is 10.5. The molecule has 1 aromatic rings. The minimum atomic E-state index is 0.0709. The standard InChI is InChI=1S/C13H14O2/c1-10-9-13(11(2)15)7-6-12(10)5-3-4-8-14/h3,5-9H,4H2,1-2H3. The van der Waals surface area contributed by atoms with E-state index in [1.807, 2.05) is 31.2 Å². The molecule has 1 aromatic carbocycles. The molecule has 2 nitrogen and oxygen atoms in total. The molecule has 0 radical (unpaired) electrons. The van der Waals surface area contributed by atoms with Crippen LogP contribution in [0.3, 0.4) is 0 Å². The zero-order valence-corrected chi connectivity index (χ0v) is 8.99. The Morgan fingerprint density at radius 2 is 2.13 bits per heavy atom. The van der Waals surface area contributed by atoms with Crippen molar-refractivity contribution in [1.29, 1.82) is 0 Å². The Morgan fingerprint density at radius 1 is 1.40 bits per heavy atom. The fourth-order valence-electron chi connectivity index (χ4n) is 1.33. The highest BCUT2D eigenvalue weighted by atomic mass is 16.1. The third-order valence-electron chi connectivity index (χ3n) is 2.21. The molecule has 2 heteroatoms. The maximum atomic E-state index is 11.1. The number of aryl methyl sites for hydroxylation is 1. The van der Waals surface area contributed by atoms with Gasteiger partial charge in [-0.05, 0) is 31.0 Å². The monoisotopic (exact) mass is 202 g/mol. The quantitative estimate of drug-likeness (QED) is 0.555. The lowest BCUT2D eigenvalue weighted by molar-refractivity contribution is -0.107. The highest BCUT2D eigenvalue weighted by Gasteiger charge is 2.00. The van der Waals surface area contributed by atoms with Gasteiger partial charge in [-0.25, -0.2) is 0 Å². The van der Waals surface area contributed by atoms with E-state index in [1.165, 1.54) is 0 Å². The van der Waals surface area contributed by atoms with Crippen molar-refractivity contribution in [2.45, 2.75) is 20.3 Å². The van der Waals surface area contributed by atoms with E-state index >= 15 is 0 Å². The number of benzene rings is 1. The molecule has 15 heavy (non-hydrogen) atoms. The van der Waals surface area contributed by atoms with Crippen molar-refractivity contribution in [2.24, 2.45) is 0 Å². The van der Waals surface area contributed by atoms with Crippen molar-refractivity contribution >= 4 is 18.1 Å². The van der Waals surface area contributed by atoms with E-state index < -0.39 is 0 Å². The van der Waals surface area contributed by atoms with Crippen LogP contribution in [0.2, 0.25) is 0 Å². The second kappa shape index (κ2) is 5.25. The first kappa shape index (κ1) is 11.4. The van der Waals surface area contributed by atoms with Gasteiger partial charge in [-0.15, -0.1) is 0 Å². The van der Waals surface area contributed by atoms with E-state index in [1.54, 1.807) is 13.0 Å². The average molecular weight is 202 g/mol. The van der Waals surface area contributed by atoms with Crippen molar-refractivity contribution in [2.75, 3.05) is 0 Å². The molecule has 0 saturated heterocycles. The topological polar surface area (TPSA) is 34.1 Å². The summed E-state index contributed by atoms with van der Waals surface area (Å²) in [5, 5.41) is 0. The average Bonchev–Trinajstić information content (AvgIpc) is 2.20. The highest BCUT2D eigenvalue weighted by Crippen LogP contribution is 2.13. The number of aldehydes is 1. The van der Waals surface area contributed by atoms with E-state index in [0.717, 1.165) is 23.0 Å². The van der Waals surface area contributed by atoms with E-state index in [-0.39, 0.29) is 5.78 Å². The van der Waals surface area contributed by atoms with Crippen LogP contribution in [0, 0.1) is 6.92 Å². The van der Waals surface area contributed by atoms with Gasteiger partial charge in [-0.2, -0.15) is 0 Å².